The summed E-state index contributed by atoms with van der Waals surface area (Å²) in [4.78, 5) is 10.2. The van der Waals surface area contributed by atoms with Crippen LogP contribution in [0.3, 0.4) is 0 Å². The van der Waals surface area contributed by atoms with E-state index in [9.17, 15) is 10.1 Å². The molecule has 0 fully saturated rings. The Morgan fingerprint density at radius 3 is 2.80 bits per heavy atom. The molecule has 15 heavy (non-hydrogen) atoms. The van der Waals surface area contributed by atoms with Crippen molar-refractivity contribution < 1.29 is 14.4 Å². The zero-order chi connectivity index (χ0) is 11.3. The average molecular weight is 232 g/mol. The van der Waals surface area contributed by atoms with Gasteiger partial charge in [-0.05, 0) is 11.6 Å². The highest BCUT2D eigenvalue weighted by atomic mass is 35.5. The largest absolute Gasteiger partial charge is 0.460 e. The van der Waals surface area contributed by atoms with Gasteiger partial charge in [-0.1, -0.05) is 6.07 Å². The highest BCUT2D eigenvalue weighted by molar-refractivity contribution is 6.17. The predicted octanol–water partition coefficient (Wildman–Crippen LogP) is 2.32. The summed E-state index contributed by atoms with van der Waals surface area (Å²) in [6.07, 6.45) is 0. The standard InChI is InChI=1S/C9H10ClNO4/c1-14-6-15-9-3-2-7(5-10)4-8(9)11(12)13/h2-4H,5-6H2,1H3. The molecule has 0 aliphatic carbocycles. The number of benzene rings is 1. The van der Waals surface area contributed by atoms with Crippen molar-refractivity contribution in [3.8, 4) is 5.75 Å². The molecular weight excluding hydrogens is 222 g/mol. The lowest BCUT2D eigenvalue weighted by Crippen LogP contribution is -2.02. The Hall–Kier alpha value is -1.33. The Bertz CT molecular complexity index is 356. The van der Waals surface area contributed by atoms with Crippen LogP contribution in [-0.4, -0.2) is 18.8 Å². The fourth-order valence-corrected chi connectivity index (χ4v) is 1.20. The van der Waals surface area contributed by atoms with E-state index in [0.29, 0.717) is 5.56 Å². The molecule has 0 atom stereocenters. The van der Waals surface area contributed by atoms with Crippen LogP contribution in [0.25, 0.3) is 0 Å². The average Bonchev–Trinajstić information content (AvgIpc) is 2.26. The normalized spacial score (nSPS) is 10.0. The van der Waals surface area contributed by atoms with Crippen molar-refractivity contribution in [3.05, 3.63) is 33.9 Å². The topological polar surface area (TPSA) is 61.6 Å². The maximum absolute atomic E-state index is 10.7. The summed E-state index contributed by atoms with van der Waals surface area (Å²) >= 11 is 5.57. The van der Waals surface area contributed by atoms with E-state index in [1.165, 1.54) is 19.2 Å². The minimum Gasteiger partial charge on any atom is -0.460 e. The number of hydrogen-bond acceptors (Lipinski definition) is 4. The molecule has 0 unspecified atom stereocenters. The number of halogens is 1. The van der Waals surface area contributed by atoms with E-state index >= 15 is 0 Å². The summed E-state index contributed by atoms with van der Waals surface area (Å²) < 4.78 is 9.71. The van der Waals surface area contributed by atoms with Crippen molar-refractivity contribution in [3.63, 3.8) is 0 Å². The molecule has 1 aromatic carbocycles. The number of alkyl halides is 1. The third-order valence-corrected chi connectivity index (χ3v) is 2.02. The van der Waals surface area contributed by atoms with Gasteiger partial charge in [0.2, 0.25) is 0 Å². The van der Waals surface area contributed by atoms with Crippen molar-refractivity contribution in [2.45, 2.75) is 5.88 Å². The van der Waals surface area contributed by atoms with E-state index in [1.807, 2.05) is 0 Å². The van der Waals surface area contributed by atoms with Gasteiger partial charge in [-0.15, -0.1) is 11.6 Å². The summed E-state index contributed by atoms with van der Waals surface area (Å²) in [6.45, 7) is -0.0267. The van der Waals surface area contributed by atoms with Gasteiger partial charge in [0, 0.05) is 19.1 Å². The summed E-state index contributed by atoms with van der Waals surface area (Å²) in [5, 5.41) is 10.7. The first-order chi connectivity index (χ1) is 7.19. The second-order valence-electron chi connectivity index (χ2n) is 2.74. The van der Waals surface area contributed by atoms with Gasteiger partial charge in [-0.2, -0.15) is 0 Å². The molecule has 0 aromatic heterocycles. The highest BCUT2D eigenvalue weighted by Gasteiger charge is 2.15. The molecule has 1 rings (SSSR count). The fourth-order valence-electron chi connectivity index (χ4n) is 1.03. The van der Waals surface area contributed by atoms with Crippen LogP contribution < -0.4 is 4.74 Å². The molecule has 1 aromatic rings. The van der Waals surface area contributed by atoms with Crippen LogP contribution in [0.2, 0.25) is 0 Å². The van der Waals surface area contributed by atoms with Crippen molar-refractivity contribution in [2.24, 2.45) is 0 Å². The van der Waals surface area contributed by atoms with Gasteiger partial charge in [-0.3, -0.25) is 10.1 Å². The lowest BCUT2D eigenvalue weighted by Gasteiger charge is -2.05. The van der Waals surface area contributed by atoms with E-state index in [-0.39, 0.29) is 24.1 Å². The Kier molecular flexibility index (Phi) is 4.33. The summed E-state index contributed by atoms with van der Waals surface area (Å²) in [5.41, 5.74) is 0.568. The maximum atomic E-state index is 10.7. The highest BCUT2D eigenvalue weighted by Crippen LogP contribution is 2.28. The van der Waals surface area contributed by atoms with Gasteiger partial charge in [0.1, 0.15) is 0 Å². The lowest BCUT2D eigenvalue weighted by molar-refractivity contribution is -0.386. The van der Waals surface area contributed by atoms with Gasteiger partial charge in [0.05, 0.1) is 4.92 Å². The summed E-state index contributed by atoms with van der Waals surface area (Å²) in [5.74, 6) is 0.404. The van der Waals surface area contributed by atoms with Gasteiger partial charge in [0.25, 0.3) is 0 Å². The third-order valence-electron chi connectivity index (χ3n) is 1.71. The van der Waals surface area contributed by atoms with E-state index in [1.54, 1.807) is 6.07 Å². The number of methoxy groups -OCH3 is 1. The van der Waals surface area contributed by atoms with Gasteiger partial charge in [0.15, 0.2) is 12.5 Å². The quantitative estimate of drug-likeness (QED) is 0.338. The minimum absolute atomic E-state index is 0.0267. The molecule has 0 heterocycles. The second kappa shape index (κ2) is 5.53. The molecule has 0 N–H and O–H groups in total. The molecule has 0 aliphatic heterocycles. The first-order valence-corrected chi connectivity index (χ1v) is 4.67. The van der Waals surface area contributed by atoms with Crippen molar-refractivity contribution in [2.75, 3.05) is 13.9 Å². The van der Waals surface area contributed by atoms with Crippen LogP contribution in [0, 0.1) is 10.1 Å². The van der Waals surface area contributed by atoms with Gasteiger partial charge >= 0.3 is 5.69 Å². The van der Waals surface area contributed by atoms with Crippen LogP contribution in [0.4, 0.5) is 5.69 Å². The van der Waals surface area contributed by atoms with Crippen LogP contribution >= 0.6 is 11.6 Å². The molecule has 0 aliphatic rings. The first-order valence-electron chi connectivity index (χ1n) is 4.14. The Morgan fingerprint density at radius 2 is 2.27 bits per heavy atom. The molecule has 0 radical (unpaired) electrons. The molecule has 0 saturated carbocycles. The summed E-state index contributed by atoms with van der Waals surface area (Å²) in [7, 11) is 1.44. The monoisotopic (exact) mass is 231 g/mol. The number of ether oxygens (including phenoxy) is 2. The summed E-state index contributed by atoms with van der Waals surface area (Å²) in [6, 6.07) is 4.57. The molecule has 0 saturated heterocycles. The SMILES string of the molecule is COCOc1ccc(CCl)cc1[N+](=O)[O-]. The van der Waals surface area contributed by atoms with Crippen LogP contribution in [0.1, 0.15) is 5.56 Å². The number of hydrogen-bond donors (Lipinski definition) is 0. The number of rotatable bonds is 5. The minimum atomic E-state index is -0.513. The second-order valence-corrected chi connectivity index (χ2v) is 3.01. The van der Waals surface area contributed by atoms with E-state index in [4.69, 9.17) is 16.3 Å². The Balaban J connectivity index is 2.98. The van der Waals surface area contributed by atoms with Crippen molar-refractivity contribution in [1.82, 2.24) is 0 Å². The fraction of sp³-hybridized carbons (Fsp3) is 0.333. The number of nitrogens with zero attached hydrogens (tertiary/aromatic N) is 1. The molecule has 0 amide bonds. The number of nitro groups is 1. The van der Waals surface area contributed by atoms with Crippen LogP contribution in [0.15, 0.2) is 18.2 Å². The maximum Gasteiger partial charge on any atom is 0.311 e. The molecule has 0 spiro atoms. The van der Waals surface area contributed by atoms with E-state index in [2.05, 4.69) is 4.74 Å². The van der Waals surface area contributed by atoms with Gasteiger partial charge in [-0.25, -0.2) is 0 Å². The lowest BCUT2D eigenvalue weighted by atomic mass is 10.2. The molecule has 6 heteroatoms. The van der Waals surface area contributed by atoms with Crippen molar-refractivity contribution in [1.29, 1.82) is 0 Å². The smallest absolute Gasteiger partial charge is 0.311 e. The van der Waals surface area contributed by atoms with Crippen LogP contribution in [0.5, 0.6) is 5.75 Å². The molecule has 82 valence electrons. The number of nitro benzene ring substituents is 1. The Morgan fingerprint density at radius 1 is 1.53 bits per heavy atom. The third kappa shape index (κ3) is 3.07. The molecular formula is C9H10ClNO4. The molecule has 5 nitrogen and oxygen atoms in total. The van der Waals surface area contributed by atoms with Gasteiger partial charge < -0.3 is 9.47 Å². The predicted molar refractivity (Wildman–Crippen MR) is 55.2 cm³/mol. The van der Waals surface area contributed by atoms with E-state index in [0.717, 1.165) is 0 Å². The Labute approximate surface area is 91.7 Å². The van der Waals surface area contributed by atoms with E-state index < -0.39 is 4.92 Å². The first kappa shape index (κ1) is 11.7. The van der Waals surface area contributed by atoms with Crippen molar-refractivity contribution >= 4 is 17.3 Å². The van der Waals surface area contributed by atoms with Crippen LogP contribution in [-0.2, 0) is 10.6 Å². The molecule has 0 bridgehead atoms. The zero-order valence-electron chi connectivity index (χ0n) is 8.10. The zero-order valence-corrected chi connectivity index (χ0v) is 8.86.